The van der Waals surface area contributed by atoms with E-state index in [1.54, 1.807) is 29.1 Å². The molecule has 184 valence electrons. The summed E-state index contributed by atoms with van der Waals surface area (Å²) in [6.07, 6.45) is 8.37. The minimum absolute atomic E-state index is 0.306. The summed E-state index contributed by atoms with van der Waals surface area (Å²) in [4.78, 5) is 21.8. The largest absolute Gasteiger partial charge is 0.383 e. The third-order valence-corrected chi connectivity index (χ3v) is 6.92. The highest BCUT2D eigenvalue weighted by Gasteiger charge is 2.24. The Morgan fingerprint density at radius 3 is 2.67 bits per heavy atom. The highest BCUT2D eigenvalue weighted by Crippen LogP contribution is 2.33. The molecule has 1 saturated heterocycles. The Labute approximate surface area is 211 Å². The number of hydrogen-bond donors (Lipinski definition) is 3. The lowest BCUT2D eigenvalue weighted by molar-refractivity contribution is 0.383. The maximum atomic E-state index is 14.0. The molecule has 1 aromatic carbocycles. The zero-order valence-electron chi connectivity index (χ0n) is 19.6. The van der Waals surface area contributed by atoms with Gasteiger partial charge in [-0.15, -0.1) is 0 Å². The molecule has 5 rings (SSSR count). The van der Waals surface area contributed by atoms with Gasteiger partial charge in [-0.2, -0.15) is 10.1 Å². The van der Waals surface area contributed by atoms with Crippen molar-refractivity contribution in [2.75, 3.05) is 36.8 Å². The summed E-state index contributed by atoms with van der Waals surface area (Å²) < 4.78 is 15.8. The summed E-state index contributed by atoms with van der Waals surface area (Å²) >= 11 is 1.21. The van der Waals surface area contributed by atoms with E-state index >= 15 is 0 Å². The van der Waals surface area contributed by atoms with Crippen molar-refractivity contribution >= 4 is 35.7 Å². The van der Waals surface area contributed by atoms with Gasteiger partial charge in [-0.3, -0.25) is 10.1 Å². The average Bonchev–Trinajstić information content (AvgIpc) is 3.54. The standard InChI is InChI=1S/C24H25FN10S/c1-33-14-17(12-31-33)16-10-19(28-11-16)23(30-15-26)34-6-8-35(9-7-34)24-29-13-21(22(27)32-24)36-20-5-3-2-4-18(20)25/h2-5,10-15,26,28H,6-9H2,1H3,(H2,27,29,32). The molecule has 1 aliphatic rings. The number of hydrogen-bond acceptors (Lipinski definition) is 7. The van der Waals surface area contributed by atoms with Crippen LogP contribution in [0.2, 0.25) is 0 Å². The van der Waals surface area contributed by atoms with Gasteiger partial charge in [0.05, 0.1) is 16.8 Å². The molecule has 0 unspecified atom stereocenters. The molecule has 4 N–H and O–H groups in total. The van der Waals surface area contributed by atoms with Gasteiger partial charge in [0.1, 0.15) is 18.0 Å². The fourth-order valence-electron chi connectivity index (χ4n) is 4.01. The van der Waals surface area contributed by atoms with Gasteiger partial charge in [-0.25, -0.2) is 14.4 Å². The first-order valence-electron chi connectivity index (χ1n) is 11.3. The number of aromatic amines is 1. The zero-order valence-corrected chi connectivity index (χ0v) is 20.4. The minimum Gasteiger partial charge on any atom is -0.383 e. The fourth-order valence-corrected chi connectivity index (χ4v) is 4.82. The number of H-pyrrole nitrogens is 1. The van der Waals surface area contributed by atoms with E-state index in [2.05, 4.69) is 34.8 Å². The third-order valence-electron chi connectivity index (χ3n) is 5.84. The molecule has 4 heterocycles. The second-order valence-corrected chi connectivity index (χ2v) is 9.30. The van der Waals surface area contributed by atoms with Crippen LogP contribution in [-0.4, -0.2) is 68.0 Å². The van der Waals surface area contributed by atoms with Crippen LogP contribution in [-0.2, 0) is 7.05 Å². The van der Waals surface area contributed by atoms with Crippen LogP contribution in [0.15, 0.2) is 69.9 Å². The first-order chi connectivity index (χ1) is 17.5. The van der Waals surface area contributed by atoms with Gasteiger partial charge in [0, 0.05) is 67.8 Å². The number of aliphatic imine (C=N–C) groups is 1. The number of amidine groups is 1. The van der Waals surface area contributed by atoms with Crippen molar-refractivity contribution in [3.05, 3.63) is 66.6 Å². The van der Waals surface area contributed by atoms with Crippen LogP contribution in [0, 0.1) is 11.2 Å². The number of halogens is 1. The molecule has 3 aromatic heterocycles. The number of nitrogens with two attached hydrogens (primary N) is 1. The number of piperazine rings is 1. The second kappa shape index (κ2) is 10.2. The van der Waals surface area contributed by atoms with Crippen molar-refractivity contribution in [3.8, 4) is 11.1 Å². The highest BCUT2D eigenvalue weighted by atomic mass is 32.2. The van der Waals surface area contributed by atoms with Crippen LogP contribution < -0.4 is 10.6 Å². The molecule has 0 amide bonds. The molecule has 1 aliphatic heterocycles. The van der Waals surface area contributed by atoms with E-state index in [9.17, 15) is 4.39 Å². The Bertz CT molecular complexity index is 1400. The van der Waals surface area contributed by atoms with Gasteiger partial charge in [0.15, 0.2) is 5.84 Å². The Kier molecular flexibility index (Phi) is 6.67. The first-order valence-corrected chi connectivity index (χ1v) is 12.1. The summed E-state index contributed by atoms with van der Waals surface area (Å²) in [6, 6.07) is 8.55. The number of rotatable bonds is 6. The van der Waals surface area contributed by atoms with Crippen molar-refractivity contribution in [2.24, 2.45) is 12.0 Å². The van der Waals surface area contributed by atoms with Gasteiger partial charge in [-0.05, 0) is 18.2 Å². The monoisotopic (exact) mass is 504 g/mol. The van der Waals surface area contributed by atoms with E-state index < -0.39 is 0 Å². The van der Waals surface area contributed by atoms with Gasteiger partial charge in [0.25, 0.3) is 0 Å². The van der Waals surface area contributed by atoms with E-state index in [1.807, 2.05) is 31.7 Å². The molecule has 4 aromatic rings. The summed E-state index contributed by atoms with van der Waals surface area (Å²) in [5, 5.41) is 11.8. The smallest absolute Gasteiger partial charge is 0.227 e. The van der Waals surface area contributed by atoms with Crippen molar-refractivity contribution in [3.63, 3.8) is 0 Å². The number of benzene rings is 1. The SMILES string of the molecule is Cn1cc(-c2c[nH]c(C(=NC=N)N3CCN(c4ncc(Sc5ccccc5F)c(N)n4)CC3)c2)cn1. The first kappa shape index (κ1) is 23.5. The molecule has 0 spiro atoms. The van der Waals surface area contributed by atoms with Gasteiger partial charge < -0.3 is 20.5 Å². The van der Waals surface area contributed by atoms with Crippen LogP contribution in [0.1, 0.15) is 5.69 Å². The molecule has 0 bridgehead atoms. The Balaban J connectivity index is 1.26. The van der Waals surface area contributed by atoms with E-state index in [1.165, 1.54) is 17.8 Å². The summed E-state index contributed by atoms with van der Waals surface area (Å²) in [6.45, 7) is 2.66. The maximum absolute atomic E-state index is 14.0. The third kappa shape index (κ3) is 4.93. The Morgan fingerprint density at radius 2 is 1.97 bits per heavy atom. The summed E-state index contributed by atoms with van der Waals surface area (Å²) in [5.74, 6) is 1.25. The predicted molar refractivity (Wildman–Crippen MR) is 139 cm³/mol. The lowest BCUT2D eigenvalue weighted by atomic mass is 10.2. The van der Waals surface area contributed by atoms with Crippen molar-refractivity contribution in [1.29, 1.82) is 5.41 Å². The van der Waals surface area contributed by atoms with Gasteiger partial charge >= 0.3 is 0 Å². The Hall–Kier alpha value is -4.19. The van der Waals surface area contributed by atoms with E-state index in [0.29, 0.717) is 53.6 Å². The van der Waals surface area contributed by atoms with Crippen LogP contribution in [0.4, 0.5) is 16.2 Å². The Morgan fingerprint density at radius 1 is 1.17 bits per heavy atom. The lowest BCUT2D eigenvalue weighted by Crippen LogP contribution is -2.49. The number of nitrogens with one attached hydrogen (secondary N) is 2. The molecule has 10 nitrogen and oxygen atoms in total. The molecule has 1 fully saturated rings. The minimum atomic E-state index is -0.306. The summed E-state index contributed by atoms with van der Waals surface area (Å²) in [7, 11) is 1.88. The van der Waals surface area contributed by atoms with Crippen molar-refractivity contribution in [1.82, 2.24) is 29.6 Å². The number of anilines is 2. The van der Waals surface area contributed by atoms with Crippen molar-refractivity contribution in [2.45, 2.75) is 9.79 Å². The number of nitrogens with zero attached hydrogens (tertiary/aromatic N) is 7. The van der Waals surface area contributed by atoms with E-state index in [0.717, 1.165) is 23.2 Å². The fraction of sp³-hybridized carbons (Fsp3) is 0.208. The highest BCUT2D eigenvalue weighted by molar-refractivity contribution is 7.99. The molecular weight excluding hydrogens is 479 g/mol. The molecule has 0 atom stereocenters. The quantitative estimate of drug-likeness (QED) is 0.272. The van der Waals surface area contributed by atoms with Crippen molar-refractivity contribution < 1.29 is 4.39 Å². The number of nitrogen functional groups attached to an aromatic ring is 1. The molecule has 12 heteroatoms. The second-order valence-electron chi connectivity index (χ2n) is 8.21. The maximum Gasteiger partial charge on any atom is 0.227 e. The average molecular weight is 505 g/mol. The van der Waals surface area contributed by atoms with Crippen LogP contribution in [0.5, 0.6) is 0 Å². The number of aryl methyl sites for hydroxylation is 1. The van der Waals surface area contributed by atoms with Crippen LogP contribution in [0.3, 0.4) is 0 Å². The van der Waals surface area contributed by atoms with Gasteiger partial charge in [0.2, 0.25) is 5.95 Å². The molecule has 36 heavy (non-hydrogen) atoms. The molecular formula is C24H25FN10S. The topological polar surface area (TPSA) is 128 Å². The normalized spacial score (nSPS) is 14.3. The number of aromatic nitrogens is 5. The molecule has 0 aliphatic carbocycles. The van der Waals surface area contributed by atoms with Crippen LogP contribution >= 0.6 is 11.8 Å². The molecule has 0 saturated carbocycles. The predicted octanol–water partition coefficient (Wildman–Crippen LogP) is 3.25. The zero-order chi connectivity index (χ0) is 25.1. The van der Waals surface area contributed by atoms with Crippen LogP contribution in [0.25, 0.3) is 11.1 Å². The molecule has 0 radical (unpaired) electrons. The van der Waals surface area contributed by atoms with E-state index in [4.69, 9.17) is 11.1 Å². The summed E-state index contributed by atoms with van der Waals surface area (Å²) in [5.41, 5.74) is 9.03. The lowest BCUT2D eigenvalue weighted by Gasteiger charge is -2.36. The van der Waals surface area contributed by atoms with Gasteiger partial charge in [-0.1, -0.05) is 23.9 Å². The van der Waals surface area contributed by atoms with E-state index in [-0.39, 0.29) is 5.82 Å².